The molecule has 0 spiro atoms. The Balaban J connectivity index is 3.06. The van der Waals surface area contributed by atoms with Crippen LogP contribution in [0.1, 0.15) is 5.56 Å². The van der Waals surface area contributed by atoms with E-state index in [0.717, 1.165) is 6.08 Å². The maximum absolute atomic E-state index is 10.3. The van der Waals surface area contributed by atoms with E-state index < -0.39 is 5.97 Å². The summed E-state index contributed by atoms with van der Waals surface area (Å²) in [6.45, 7) is 0. The fourth-order valence-corrected chi connectivity index (χ4v) is 1.13. The number of carboxylic acids is 1. The molecule has 0 amide bonds. The third-order valence-corrected chi connectivity index (χ3v) is 1.84. The quantitative estimate of drug-likeness (QED) is 0.673. The summed E-state index contributed by atoms with van der Waals surface area (Å²) in [5.74, 6) is -0.0398. The van der Waals surface area contributed by atoms with E-state index in [4.69, 9.17) is 9.47 Å². The Morgan fingerprint density at radius 2 is 2.07 bits per heavy atom. The fraction of sp³-hybridized carbons (Fsp3) is 0.182. The minimum atomic E-state index is -1.25. The molecule has 1 aromatic rings. The van der Waals surface area contributed by atoms with Gasteiger partial charge < -0.3 is 19.4 Å². The van der Waals surface area contributed by atoms with Crippen LogP contribution in [0.4, 0.5) is 0 Å². The Bertz CT molecular complexity index is 382. The number of hydrogen-bond acceptors (Lipinski definition) is 4. The molecular formula is C11H11O4-. The molecule has 0 saturated carbocycles. The highest BCUT2D eigenvalue weighted by Gasteiger charge is 2.01. The van der Waals surface area contributed by atoms with Gasteiger partial charge in [0.2, 0.25) is 0 Å². The van der Waals surface area contributed by atoms with Crippen molar-refractivity contribution in [2.24, 2.45) is 0 Å². The summed E-state index contributed by atoms with van der Waals surface area (Å²) in [5.41, 5.74) is 0.626. The summed E-state index contributed by atoms with van der Waals surface area (Å²) < 4.78 is 10.1. The number of methoxy groups -OCH3 is 2. The van der Waals surface area contributed by atoms with Crippen LogP contribution in [-0.2, 0) is 4.79 Å². The molecule has 1 rings (SSSR count). The molecule has 80 valence electrons. The van der Waals surface area contributed by atoms with Crippen molar-refractivity contribution < 1.29 is 19.4 Å². The van der Waals surface area contributed by atoms with Crippen LogP contribution in [0, 0.1) is 0 Å². The predicted octanol–water partition coefficient (Wildman–Crippen LogP) is 0.467. The number of aliphatic carboxylic acids is 1. The van der Waals surface area contributed by atoms with Crippen LogP contribution in [0.3, 0.4) is 0 Å². The summed E-state index contributed by atoms with van der Waals surface area (Å²) in [6.07, 6.45) is 2.34. The number of carbonyl (C=O) groups excluding carboxylic acids is 1. The number of carbonyl (C=O) groups is 1. The molecule has 0 radical (unpaired) electrons. The number of ether oxygens (including phenoxy) is 2. The molecule has 1 aromatic carbocycles. The first kappa shape index (κ1) is 11.1. The van der Waals surface area contributed by atoms with Crippen molar-refractivity contribution in [1.29, 1.82) is 0 Å². The first-order valence-corrected chi connectivity index (χ1v) is 4.28. The summed E-state index contributed by atoms with van der Waals surface area (Å²) >= 11 is 0. The highest BCUT2D eigenvalue weighted by molar-refractivity contribution is 5.84. The van der Waals surface area contributed by atoms with Crippen LogP contribution < -0.4 is 14.6 Å². The van der Waals surface area contributed by atoms with Crippen LogP contribution >= 0.6 is 0 Å². The largest absolute Gasteiger partial charge is 0.545 e. The molecule has 0 unspecified atom stereocenters. The molecule has 0 fully saturated rings. The molecule has 0 aromatic heterocycles. The van der Waals surface area contributed by atoms with Gasteiger partial charge in [0.25, 0.3) is 0 Å². The lowest BCUT2D eigenvalue weighted by Gasteiger charge is -2.07. The molecule has 0 heterocycles. The van der Waals surface area contributed by atoms with Crippen molar-refractivity contribution in [3.8, 4) is 11.5 Å². The normalized spacial score (nSPS) is 10.3. The summed E-state index contributed by atoms with van der Waals surface area (Å²) in [6, 6.07) is 5.11. The zero-order chi connectivity index (χ0) is 11.3. The van der Waals surface area contributed by atoms with Gasteiger partial charge in [-0.1, -0.05) is 0 Å². The van der Waals surface area contributed by atoms with E-state index in [-0.39, 0.29) is 0 Å². The Labute approximate surface area is 87.7 Å². The lowest BCUT2D eigenvalue weighted by molar-refractivity contribution is -0.297. The van der Waals surface area contributed by atoms with E-state index in [9.17, 15) is 9.90 Å². The third-order valence-electron chi connectivity index (χ3n) is 1.84. The van der Waals surface area contributed by atoms with Crippen molar-refractivity contribution in [2.75, 3.05) is 14.2 Å². The topological polar surface area (TPSA) is 58.6 Å². The van der Waals surface area contributed by atoms with Crippen LogP contribution in [0.2, 0.25) is 0 Å². The van der Waals surface area contributed by atoms with Gasteiger partial charge in [0.05, 0.1) is 20.2 Å². The molecule has 0 aliphatic carbocycles. The average Bonchev–Trinajstić information content (AvgIpc) is 2.25. The van der Waals surface area contributed by atoms with Crippen molar-refractivity contribution in [2.45, 2.75) is 0 Å². The zero-order valence-electron chi connectivity index (χ0n) is 8.52. The Kier molecular flexibility index (Phi) is 3.74. The van der Waals surface area contributed by atoms with Crippen molar-refractivity contribution >= 4 is 12.0 Å². The van der Waals surface area contributed by atoms with Crippen LogP contribution in [0.5, 0.6) is 11.5 Å². The predicted molar refractivity (Wildman–Crippen MR) is 53.6 cm³/mol. The summed E-state index contributed by atoms with van der Waals surface area (Å²) in [7, 11) is 3.05. The number of benzene rings is 1. The van der Waals surface area contributed by atoms with E-state index in [1.54, 1.807) is 18.2 Å². The fourth-order valence-electron chi connectivity index (χ4n) is 1.13. The van der Waals surface area contributed by atoms with Gasteiger partial charge in [-0.25, -0.2) is 0 Å². The minimum absolute atomic E-state index is 0.577. The van der Waals surface area contributed by atoms with Crippen LogP contribution in [0.25, 0.3) is 6.08 Å². The van der Waals surface area contributed by atoms with Gasteiger partial charge in [0.1, 0.15) is 11.5 Å². The standard InChI is InChI=1S/C11H12O4/c1-14-9-4-5-10(15-2)8(7-9)3-6-11(12)13/h3-7H,1-2H3,(H,12,13)/p-1/b6-3+. The Hall–Kier alpha value is -1.97. The minimum Gasteiger partial charge on any atom is -0.545 e. The van der Waals surface area contributed by atoms with E-state index >= 15 is 0 Å². The first-order chi connectivity index (χ1) is 7.17. The molecule has 0 aliphatic rings. The maximum Gasteiger partial charge on any atom is 0.126 e. The second-order valence-electron chi connectivity index (χ2n) is 2.76. The van der Waals surface area contributed by atoms with Gasteiger partial charge in [-0.05, 0) is 30.4 Å². The molecule has 0 saturated heterocycles. The van der Waals surface area contributed by atoms with Crippen LogP contribution in [-0.4, -0.2) is 20.2 Å². The number of carboxylic acid groups (broad SMARTS) is 1. The second kappa shape index (κ2) is 5.05. The molecule has 0 bridgehead atoms. The number of hydrogen-bond donors (Lipinski definition) is 0. The van der Waals surface area contributed by atoms with Crippen molar-refractivity contribution in [3.05, 3.63) is 29.8 Å². The maximum atomic E-state index is 10.3. The highest BCUT2D eigenvalue weighted by Crippen LogP contribution is 2.24. The van der Waals surface area contributed by atoms with E-state index in [0.29, 0.717) is 17.1 Å². The summed E-state index contributed by atoms with van der Waals surface area (Å²) in [5, 5.41) is 10.3. The van der Waals surface area contributed by atoms with E-state index in [2.05, 4.69) is 0 Å². The SMILES string of the molecule is COc1ccc(OC)c(/C=C/C(=O)[O-])c1. The van der Waals surface area contributed by atoms with Gasteiger partial charge in [-0.2, -0.15) is 0 Å². The lowest BCUT2D eigenvalue weighted by Crippen LogP contribution is -2.18. The highest BCUT2D eigenvalue weighted by atomic mass is 16.5. The van der Waals surface area contributed by atoms with Gasteiger partial charge in [0, 0.05) is 5.56 Å². The molecule has 4 nitrogen and oxygen atoms in total. The lowest BCUT2D eigenvalue weighted by atomic mass is 10.1. The van der Waals surface area contributed by atoms with Gasteiger partial charge in [0.15, 0.2) is 0 Å². The van der Waals surface area contributed by atoms with Crippen LogP contribution in [0.15, 0.2) is 24.3 Å². The Morgan fingerprint density at radius 1 is 1.33 bits per heavy atom. The molecule has 15 heavy (non-hydrogen) atoms. The summed E-state index contributed by atoms with van der Waals surface area (Å²) in [4.78, 5) is 10.3. The van der Waals surface area contributed by atoms with E-state index in [1.165, 1.54) is 20.3 Å². The van der Waals surface area contributed by atoms with Gasteiger partial charge >= 0.3 is 0 Å². The average molecular weight is 207 g/mol. The molecule has 4 heteroatoms. The molecule has 0 N–H and O–H groups in total. The molecule has 0 atom stereocenters. The van der Waals surface area contributed by atoms with Gasteiger partial charge in [-0.15, -0.1) is 0 Å². The second-order valence-corrected chi connectivity index (χ2v) is 2.76. The van der Waals surface area contributed by atoms with E-state index in [1.807, 2.05) is 0 Å². The van der Waals surface area contributed by atoms with Gasteiger partial charge in [-0.3, -0.25) is 0 Å². The van der Waals surface area contributed by atoms with Crippen molar-refractivity contribution in [3.63, 3.8) is 0 Å². The zero-order valence-corrected chi connectivity index (χ0v) is 8.52. The third kappa shape index (κ3) is 3.02. The number of rotatable bonds is 4. The molecular weight excluding hydrogens is 196 g/mol. The monoisotopic (exact) mass is 207 g/mol. The first-order valence-electron chi connectivity index (χ1n) is 4.28. The smallest absolute Gasteiger partial charge is 0.126 e. The van der Waals surface area contributed by atoms with Crippen molar-refractivity contribution in [1.82, 2.24) is 0 Å². The molecule has 0 aliphatic heterocycles. The Morgan fingerprint density at radius 3 is 2.60 bits per heavy atom.